The number of rotatable bonds is 8. The van der Waals surface area contributed by atoms with Crippen LogP contribution in [-0.2, 0) is 25.5 Å². The zero-order chi connectivity index (χ0) is 20.1. The van der Waals surface area contributed by atoms with E-state index in [0.29, 0.717) is 18.0 Å². The standard InChI is InChI=1S/C20H24N2O5S/c1-4-5-18-21-15(12-28-18)14-6-7-17-16(8-14)22(19(23)11-26-17)9-20(24)27-13(2)10-25-3/h6-8,12-13H,4-5,9-11H2,1-3H3. The molecule has 1 aromatic heterocycles. The van der Waals surface area contributed by atoms with Crippen molar-refractivity contribution in [3.05, 3.63) is 28.6 Å². The third-order valence-corrected chi connectivity index (χ3v) is 5.14. The maximum absolute atomic E-state index is 12.4. The van der Waals surface area contributed by atoms with E-state index in [1.54, 1.807) is 18.3 Å². The van der Waals surface area contributed by atoms with E-state index < -0.39 is 5.97 Å². The van der Waals surface area contributed by atoms with Crippen molar-refractivity contribution >= 4 is 28.9 Å². The van der Waals surface area contributed by atoms with Crippen molar-refractivity contribution < 1.29 is 23.8 Å². The first-order valence-electron chi connectivity index (χ1n) is 9.22. The highest BCUT2D eigenvalue weighted by atomic mass is 32.1. The van der Waals surface area contributed by atoms with Gasteiger partial charge < -0.3 is 14.2 Å². The van der Waals surface area contributed by atoms with Gasteiger partial charge in [-0.25, -0.2) is 4.98 Å². The van der Waals surface area contributed by atoms with E-state index in [9.17, 15) is 9.59 Å². The Labute approximate surface area is 168 Å². The van der Waals surface area contributed by atoms with Gasteiger partial charge in [0.1, 0.15) is 18.4 Å². The number of carbonyl (C=O) groups is 2. The molecular weight excluding hydrogens is 380 g/mol. The number of ether oxygens (including phenoxy) is 3. The largest absolute Gasteiger partial charge is 0.482 e. The summed E-state index contributed by atoms with van der Waals surface area (Å²) < 4.78 is 15.8. The topological polar surface area (TPSA) is 78.0 Å². The predicted molar refractivity (Wildman–Crippen MR) is 107 cm³/mol. The minimum Gasteiger partial charge on any atom is -0.482 e. The van der Waals surface area contributed by atoms with E-state index in [4.69, 9.17) is 14.2 Å². The summed E-state index contributed by atoms with van der Waals surface area (Å²) in [6, 6.07) is 5.56. The molecule has 2 aromatic rings. The number of thiazole rings is 1. The lowest BCUT2D eigenvalue weighted by Gasteiger charge is -2.29. The van der Waals surface area contributed by atoms with Crippen LogP contribution < -0.4 is 9.64 Å². The zero-order valence-electron chi connectivity index (χ0n) is 16.3. The molecule has 0 spiro atoms. The number of carbonyl (C=O) groups excluding carboxylic acids is 2. The van der Waals surface area contributed by atoms with E-state index in [2.05, 4.69) is 11.9 Å². The van der Waals surface area contributed by atoms with Crippen LogP contribution in [0, 0.1) is 0 Å². The normalized spacial score (nSPS) is 14.4. The van der Waals surface area contributed by atoms with Crippen molar-refractivity contribution in [1.29, 1.82) is 0 Å². The first-order valence-corrected chi connectivity index (χ1v) is 10.1. The molecule has 0 aliphatic carbocycles. The number of methoxy groups -OCH3 is 1. The molecular formula is C20H24N2O5S. The summed E-state index contributed by atoms with van der Waals surface area (Å²) in [5, 5.41) is 3.08. The van der Waals surface area contributed by atoms with Crippen molar-refractivity contribution in [1.82, 2.24) is 4.98 Å². The Balaban J connectivity index is 1.82. The molecule has 0 radical (unpaired) electrons. The summed E-state index contributed by atoms with van der Waals surface area (Å²) in [7, 11) is 1.54. The molecule has 0 N–H and O–H groups in total. The number of aromatic nitrogens is 1. The second kappa shape index (κ2) is 9.16. The lowest BCUT2D eigenvalue weighted by atomic mass is 10.1. The van der Waals surface area contributed by atoms with Crippen molar-refractivity contribution in [3.8, 4) is 17.0 Å². The van der Waals surface area contributed by atoms with Crippen molar-refractivity contribution in [2.75, 3.05) is 31.8 Å². The molecule has 7 nitrogen and oxygen atoms in total. The molecule has 150 valence electrons. The second-order valence-electron chi connectivity index (χ2n) is 6.58. The first kappa shape index (κ1) is 20.3. The van der Waals surface area contributed by atoms with Gasteiger partial charge in [0.25, 0.3) is 5.91 Å². The molecule has 1 amide bonds. The van der Waals surface area contributed by atoms with Gasteiger partial charge in [-0.05, 0) is 38.0 Å². The molecule has 3 rings (SSSR count). The van der Waals surface area contributed by atoms with Crippen LogP contribution in [0.5, 0.6) is 5.75 Å². The van der Waals surface area contributed by atoms with Crippen molar-refractivity contribution in [3.63, 3.8) is 0 Å². The fourth-order valence-electron chi connectivity index (χ4n) is 2.97. The number of anilines is 1. The fraction of sp³-hybridized carbons (Fsp3) is 0.450. The van der Waals surface area contributed by atoms with Crippen LogP contribution in [0.4, 0.5) is 5.69 Å². The minimum atomic E-state index is -0.491. The first-order chi connectivity index (χ1) is 13.5. The van der Waals surface area contributed by atoms with Gasteiger partial charge in [-0.2, -0.15) is 0 Å². The molecule has 8 heteroatoms. The Kier molecular flexibility index (Phi) is 6.64. The smallest absolute Gasteiger partial charge is 0.326 e. The summed E-state index contributed by atoms with van der Waals surface area (Å²) in [6.07, 6.45) is 1.59. The number of esters is 1. The molecule has 0 fully saturated rings. The number of hydrogen-bond acceptors (Lipinski definition) is 7. The number of aryl methyl sites for hydroxylation is 1. The molecule has 0 bridgehead atoms. The highest BCUT2D eigenvalue weighted by molar-refractivity contribution is 7.09. The summed E-state index contributed by atoms with van der Waals surface area (Å²) in [6.45, 7) is 3.88. The summed E-state index contributed by atoms with van der Waals surface area (Å²) in [4.78, 5) is 30.7. The van der Waals surface area contributed by atoms with Gasteiger partial charge in [-0.3, -0.25) is 14.5 Å². The minimum absolute atomic E-state index is 0.107. The highest BCUT2D eigenvalue weighted by Crippen LogP contribution is 2.36. The van der Waals surface area contributed by atoms with Gasteiger partial charge in [-0.1, -0.05) is 6.92 Å². The monoisotopic (exact) mass is 404 g/mol. The van der Waals surface area contributed by atoms with Gasteiger partial charge in [0, 0.05) is 18.1 Å². The zero-order valence-corrected chi connectivity index (χ0v) is 17.1. The maximum atomic E-state index is 12.4. The molecule has 1 aromatic carbocycles. The van der Waals surface area contributed by atoms with Crippen LogP contribution >= 0.6 is 11.3 Å². The molecule has 2 heterocycles. The Hall–Kier alpha value is -2.45. The Bertz CT molecular complexity index is 851. The number of hydrogen-bond donors (Lipinski definition) is 0. The molecule has 0 saturated carbocycles. The lowest BCUT2D eigenvalue weighted by Crippen LogP contribution is -2.43. The van der Waals surface area contributed by atoms with Gasteiger partial charge in [0.15, 0.2) is 6.61 Å². The molecule has 1 unspecified atom stereocenters. The van der Waals surface area contributed by atoms with E-state index in [1.807, 2.05) is 23.6 Å². The van der Waals surface area contributed by atoms with Crippen LogP contribution in [-0.4, -0.2) is 49.8 Å². The van der Waals surface area contributed by atoms with Gasteiger partial charge in [-0.15, -0.1) is 11.3 Å². The van der Waals surface area contributed by atoms with Crippen LogP contribution in [0.25, 0.3) is 11.3 Å². The quantitative estimate of drug-likeness (QED) is 0.629. The van der Waals surface area contributed by atoms with Gasteiger partial charge in [0.2, 0.25) is 0 Å². The molecule has 1 atom stereocenters. The Morgan fingerprint density at radius 1 is 1.43 bits per heavy atom. The second-order valence-corrected chi connectivity index (χ2v) is 7.53. The lowest BCUT2D eigenvalue weighted by molar-refractivity contribution is -0.149. The van der Waals surface area contributed by atoms with Gasteiger partial charge in [0.05, 0.1) is 23.0 Å². The Morgan fingerprint density at radius 3 is 3.00 bits per heavy atom. The van der Waals surface area contributed by atoms with E-state index >= 15 is 0 Å². The molecule has 1 aliphatic rings. The van der Waals surface area contributed by atoms with Crippen molar-refractivity contribution in [2.45, 2.75) is 32.8 Å². The predicted octanol–water partition coefficient (Wildman–Crippen LogP) is 3.07. The Morgan fingerprint density at radius 2 is 2.25 bits per heavy atom. The number of benzene rings is 1. The SMILES string of the molecule is CCCc1nc(-c2ccc3c(c2)N(CC(=O)OC(C)COC)C(=O)CO3)cs1. The molecule has 28 heavy (non-hydrogen) atoms. The van der Waals surface area contributed by atoms with Crippen molar-refractivity contribution in [2.24, 2.45) is 0 Å². The van der Waals surface area contributed by atoms with E-state index in [-0.39, 0.29) is 25.2 Å². The van der Waals surface area contributed by atoms with Crippen LogP contribution in [0.1, 0.15) is 25.3 Å². The number of fused-ring (bicyclic) bond motifs is 1. The number of nitrogens with zero attached hydrogens (tertiary/aromatic N) is 2. The average Bonchev–Trinajstić information content (AvgIpc) is 3.13. The molecule has 1 aliphatic heterocycles. The summed E-state index contributed by atoms with van der Waals surface area (Å²) >= 11 is 1.62. The average molecular weight is 404 g/mol. The van der Waals surface area contributed by atoms with E-state index in [1.165, 1.54) is 12.0 Å². The highest BCUT2D eigenvalue weighted by Gasteiger charge is 2.29. The van der Waals surface area contributed by atoms with Crippen LogP contribution in [0.2, 0.25) is 0 Å². The van der Waals surface area contributed by atoms with Crippen LogP contribution in [0.15, 0.2) is 23.6 Å². The maximum Gasteiger partial charge on any atom is 0.326 e. The van der Waals surface area contributed by atoms with E-state index in [0.717, 1.165) is 29.1 Å². The molecule has 0 saturated heterocycles. The summed E-state index contributed by atoms with van der Waals surface area (Å²) in [5.74, 6) is -0.217. The third-order valence-electron chi connectivity index (χ3n) is 4.23. The third kappa shape index (κ3) is 4.69. The van der Waals surface area contributed by atoms with Gasteiger partial charge >= 0.3 is 5.97 Å². The van der Waals surface area contributed by atoms with Crippen LogP contribution in [0.3, 0.4) is 0 Å². The fourth-order valence-corrected chi connectivity index (χ4v) is 3.88. The summed E-state index contributed by atoms with van der Waals surface area (Å²) in [5.41, 5.74) is 2.28. The number of amides is 1.